The van der Waals surface area contributed by atoms with E-state index in [0.717, 1.165) is 26.8 Å². The van der Waals surface area contributed by atoms with Crippen LogP contribution in [0.5, 0.6) is 0 Å². The second kappa shape index (κ2) is 34.7. The first kappa shape index (κ1) is 72.3. The van der Waals surface area contributed by atoms with Crippen LogP contribution in [0.1, 0.15) is 228 Å². The predicted molar refractivity (Wildman–Crippen MR) is 340 cm³/mol. The summed E-state index contributed by atoms with van der Waals surface area (Å²) in [4.78, 5) is 34.6. The van der Waals surface area contributed by atoms with Crippen LogP contribution in [0.4, 0.5) is 0 Å². The van der Waals surface area contributed by atoms with Gasteiger partial charge in [0.15, 0.2) is 0 Å². The number of aromatic nitrogens is 3. The van der Waals surface area contributed by atoms with Gasteiger partial charge in [-0.2, -0.15) is 0 Å². The predicted octanol–water partition coefficient (Wildman–Crippen LogP) is 16.5. The number of carbonyl (C=O) groups excluding carboxylic acids is 2. The minimum Gasteiger partial charge on any atom is -0.870 e. The maximum atomic E-state index is 11.7. The number of benzene rings is 3. The Hall–Kier alpha value is -3.85. The average Bonchev–Trinajstić information content (AvgIpc) is 4.38. The van der Waals surface area contributed by atoms with Crippen molar-refractivity contribution in [1.29, 1.82) is 0 Å². The summed E-state index contributed by atoms with van der Waals surface area (Å²) in [6.45, 7) is 19.1. The summed E-state index contributed by atoms with van der Waals surface area (Å²) in [6, 6.07) is 17.1. The molecule has 10 nitrogen and oxygen atoms in total. The summed E-state index contributed by atoms with van der Waals surface area (Å²) < 4.78 is 24.3. The van der Waals surface area contributed by atoms with E-state index in [2.05, 4.69) is 86.4 Å². The molecule has 3 heterocycles. The van der Waals surface area contributed by atoms with Gasteiger partial charge in [-0.3, -0.25) is 0 Å². The second-order valence-corrected chi connectivity index (χ2v) is 35.7. The normalized spacial score (nSPS) is 14.2. The minimum atomic E-state index is -1.85. The number of rotatable bonds is 18. The first-order chi connectivity index (χ1) is 36.7. The number of esters is 2. The molecule has 3 aromatic carbocycles. The van der Waals surface area contributed by atoms with E-state index >= 15 is 0 Å². The van der Waals surface area contributed by atoms with E-state index in [9.17, 15) is 14.4 Å². The van der Waals surface area contributed by atoms with E-state index < -0.39 is 24.3 Å². The number of carboxylic acids is 1. The Bertz CT molecular complexity index is 2960. The minimum absolute atomic E-state index is 0. The van der Waals surface area contributed by atoms with Crippen molar-refractivity contribution in [2.24, 2.45) is 21.1 Å². The molecule has 3 aromatic heterocycles. The molecule has 3 saturated carbocycles. The molecule has 6 aromatic rings. The second-order valence-electron chi connectivity index (χ2n) is 21.7. The van der Waals surface area contributed by atoms with Crippen molar-refractivity contribution in [2.45, 2.75) is 182 Å². The van der Waals surface area contributed by atoms with Gasteiger partial charge >= 0.3 is 149 Å². The van der Waals surface area contributed by atoms with Crippen molar-refractivity contribution in [1.82, 2.24) is 13.7 Å². The van der Waals surface area contributed by atoms with Crippen LogP contribution in [0.3, 0.4) is 0 Å². The van der Waals surface area contributed by atoms with Crippen LogP contribution >= 0.6 is 15.9 Å². The zero-order valence-corrected chi connectivity index (χ0v) is 55.2. The molecular formula is C67H97BrN3NaO7Sn. The Morgan fingerprint density at radius 3 is 1.20 bits per heavy atom. The molecule has 3 aliphatic carbocycles. The van der Waals surface area contributed by atoms with Gasteiger partial charge in [-0.25, -0.2) is 14.4 Å². The molecule has 0 spiro atoms. The number of aromatic carboxylic acids is 1. The third-order valence-electron chi connectivity index (χ3n) is 17.0. The molecule has 9 rings (SSSR count). The van der Waals surface area contributed by atoms with Crippen molar-refractivity contribution >= 4 is 97.1 Å². The molecule has 0 bridgehead atoms. The molecule has 0 saturated heterocycles. The van der Waals surface area contributed by atoms with Crippen molar-refractivity contribution in [3.8, 4) is 0 Å². The van der Waals surface area contributed by atoms with Crippen molar-refractivity contribution in [3.63, 3.8) is 0 Å². The largest absolute Gasteiger partial charge is 1.00 e. The van der Waals surface area contributed by atoms with Gasteiger partial charge in [0, 0.05) is 65.2 Å². The van der Waals surface area contributed by atoms with Crippen LogP contribution in [-0.2, 0) is 30.6 Å². The van der Waals surface area contributed by atoms with Crippen molar-refractivity contribution in [3.05, 3.63) is 128 Å². The number of methoxy groups -OCH3 is 2. The van der Waals surface area contributed by atoms with E-state index in [1.807, 2.05) is 63.6 Å². The number of fused-ring (bicyclic) bond motifs is 3. The Labute approximate surface area is 515 Å². The number of ether oxygens (including phenoxy) is 2. The van der Waals surface area contributed by atoms with E-state index in [1.54, 1.807) is 25.4 Å². The smallest absolute Gasteiger partial charge is 0.870 e. The van der Waals surface area contributed by atoms with Crippen LogP contribution in [0.2, 0.25) is 13.3 Å². The Kier molecular flexibility index (Phi) is 31.3. The van der Waals surface area contributed by atoms with Gasteiger partial charge in [0.05, 0.1) is 35.5 Å². The van der Waals surface area contributed by atoms with Crippen LogP contribution < -0.4 is 29.6 Å². The number of hydrogen-bond acceptors (Lipinski definition) is 6. The van der Waals surface area contributed by atoms with Gasteiger partial charge in [0.2, 0.25) is 0 Å². The number of aryl methyl sites for hydroxylation is 3. The zero-order chi connectivity index (χ0) is 55.1. The topological polar surface area (TPSA) is 135 Å². The fourth-order valence-electron chi connectivity index (χ4n) is 12.7. The maximum absolute atomic E-state index is 11.7. The zero-order valence-electron chi connectivity index (χ0n) is 48.8. The molecule has 434 valence electrons. The third-order valence-corrected chi connectivity index (χ3v) is 32.0. The van der Waals surface area contributed by atoms with E-state index in [-0.39, 0.29) is 61.8 Å². The molecule has 3 fully saturated rings. The summed E-state index contributed by atoms with van der Waals surface area (Å²) in [7, 11) is 8.89. The van der Waals surface area contributed by atoms with E-state index in [0.29, 0.717) is 34.4 Å². The SMILES string of the molecule is C.C.C=Cc1c(C2CCCC2)c2ccc(C(=O)O)cc2n1C.C=Cc1c(C2CCCC2)c2ccc(C(=O)OC)cc2n1C.C=[CH][Sn]([CH2]CCC)([CH2]CCC)[CH2]CCC.COC(=O)c1ccc2c(C3CCCC3)c(Br)n(C)c2c1.[Na+].[OH-]. The molecule has 80 heavy (non-hydrogen) atoms. The number of unbranched alkanes of at least 4 members (excludes halogenated alkanes) is 3. The molecule has 0 amide bonds. The molecule has 0 atom stereocenters. The molecule has 3 aliphatic rings. The molecule has 13 heteroatoms. The van der Waals surface area contributed by atoms with Gasteiger partial charge in [-0.1, -0.05) is 84.7 Å². The molecular weight excluding hydrogens is 1180 g/mol. The fraction of sp³-hybridized carbons (Fsp3) is 0.507. The summed E-state index contributed by atoms with van der Waals surface area (Å²) in [5.41, 5.74) is 11.2. The van der Waals surface area contributed by atoms with Crippen LogP contribution in [0.25, 0.3) is 44.9 Å². The van der Waals surface area contributed by atoms with Gasteiger partial charge < -0.3 is 33.8 Å². The molecule has 0 radical (unpaired) electrons. The number of carboxylic acid groups (broad SMARTS) is 1. The first-order valence-corrected chi connectivity index (χ1v) is 37.0. The molecule has 0 aliphatic heterocycles. The van der Waals surface area contributed by atoms with E-state index in [1.165, 1.54) is 168 Å². The van der Waals surface area contributed by atoms with Gasteiger partial charge in [0.1, 0.15) is 0 Å². The van der Waals surface area contributed by atoms with Crippen LogP contribution in [0, 0.1) is 0 Å². The summed E-state index contributed by atoms with van der Waals surface area (Å²) in [5, 5.41) is 12.8. The Morgan fingerprint density at radius 1 is 0.575 bits per heavy atom. The Morgan fingerprint density at radius 2 is 0.887 bits per heavy atom. The third kappa shape index (κ3) is 16.7. The van der Waals surface area contributed by atoms with Crippen molar-refractivity contribution in [2.75, 3.05) is 14.2 Å². The monoisotopic (exact) mass is 1280 g/mol. The van der Waals surface area contributed by atoms with Gasteiger partial charge in [-0.05, 0) is 137 Å². The van der Waals surface area contributed by atoms with E-state index in [4.69, 9.17) is 14.6 Å². The maximum Gasteiger partial charge on any atom is 1.00 e. The fourth-order valence-corrected chi connectivity index (χ4v) is 26.4. The quantitative estimate of drug-likeness (QED) is 0.0669. The van der Waals surface area contributed by atoms with Crippen molar-refractivity contribution < 1.29 is 64.0 Å². The van der Waals surface area contributed by atoms with Gasteiger partial charge in [-0.15, -0.1) is 0 Å². The van der Waals surface area contributed by atoms with Crippen LogP contribution in [-0.4, -0.2) is 74.8 Å². The summed E-state index contributed by atoms with van der Waals surface area (Å²) in [5.74, 6) is 0.382. The van der Waals surface area contributed by atoms with Crippen LogP contribution in [0.15, 0.2) is 83.0 Å². The summed E-state index contributed by atoms with van der Waals surface area (Å²) >= 11 is 1.88. The molecule has 0 unspecified atom stereocenters. The number of hydrogen-bond donors (Lipinski definition) is 1. The number of halogens is 1. The Balaban J connectivity index is 0.000000361. The summed E-state index contributed by atoms with van der Waals surface area (Å²) in [6.07, 6.45) is 27.6. The average molecular weight is 1280 g/mol. The number of nitrogens with zero attached hydrogens (tertiary/aromatic N) is 3. The first-order valence-electron chi connectivity index (χ1n) is 28.5. The molecule has 2 N–H and O–H groups in total. The number of carbonyl (C=O) groups is 3. The standard InChI is InChI=1S/C18H21NO2.C17H19NO2.C16H18BrNO2.3C4H9.C2H3.2CH4.Na.H2O.Sn/c1-4-15-17(12-7-5-6-8-12)14-10-9-13(18(20)21-3)11-16(14)19(15)2;1-3-14-16(11-6-4-5-7-11)13-9-8-12(17(19)20)10-15(13)18(14)2;1-18-13-9-11(16(19)20-2)7-8-12(13)14(15(18)17)10-5-3-4-6-10;3*1-3-4-2;1-2;;;;;/h4,9-12H,1,5-8H2,2-3H3;3,8-11H,1,4-7H2,2H3,(H,19,20);7-10H,3-6H2,1-2H3;3*1,3-4H2,2H3;1H,2H2;2*1H4;;1H2;/q;;;;;;;;;+1;;/p-1. The van der Waals surface area contributed by atoms with Gasteiger partial charge in [0.25, 0.3) is 0 Å².